The molecule has 1 aromatic rings. The Morgan fingerprint density at radius 1 is 1.00 bits per heavy atom. The first-order valence-electron chi connectivity index (χ1n) is 10.5. The van der Waals surface area contributed by atoms with Crippen molar-refractivity contribution in [3.8, 4) is 5.88 Å². The van der Waals surface area contributed by atoms with Crippen LogP contribution in [-0.4, -0.2) is 37.8 Å². The number of nitrogens with one attached hydrogen (secondary N) is 1. The quantitative estimate of drug-likeness (QED) is 0.679. The van der Waals surface area contributed by atoms with Gasteiger partial charge in [-0.15, -0.1) is 0 Å². The van der Waals surface area contributed by atoms with Crippen LogP contribution in [0.3, 0.4) is 0 Å². The highest BCUT2D eigenvalue weighted by atomic mass is 16.4. The molecule has 0 radical (unpaired) electrons. The maximum atomic E-state index is 13.4. The molecular formula is C20H27N3O6. The Morgan fingerprint density at radius 3 is 2.31 bits per heavy atom. The molecule has 1 amide bonds. The number of aromatic hydroxyl groups is 1. The van der Waals surface area contributed by atoms with Crippen molar-refractivity contribution in [1.82, 2.24) is 14.5 Å². The van der Waals surface area contributed by atoms with Crippen LogP contribution < -0.4 is 16.6 Å². The smallest absolute Gasteiger partial charge is 0.334 e. The summed E-state index contributed by atoms with van der Waals surface area (Å²) >= 11 is 0. The van der Waals surface area contributed by atoms with Crippen LogP contribution in [0.5, 0.6) is 5.88 Å². The lowest BCUT2D eigenvalue weighted by Crippen LogP contribution is -2.48. The Balaban J connectivity index is 1.84. The summed E-state index contributed by atoms with van der Waals surface area (Å²) in [4.78, 5) is 49.9. The van der Waals surface area contributed by atoms with Crippen LogP contribution in [0.25, 0.3) is 0 Å². The minimum Gasteiger partial charge on any atom is -0.494 e. The van der Waals surface area contributed by atoms with Gasteiger partial charge in [-0.1, -0.05) is 25.7 Å². The van der Waals surface area contributed by atoms with E-state index in [-0.39, 0.29) is 18.0 Å². The fourth-order valence-electron chi connectivity index (χ4n) is 5.56. The highest BCUT2D eigenvalue weighted by Crippen LogP contribution is 2.51. The molecule has 0 aliphatic heterocycles. The molecule has 3 saturated carbocycles. The number of carbonyl (C=O) groups excluding carboxylic acids is 1. The average molecular weight is 405 g/mol. The number of amides is 1. The number of carboxylic acids is 1. The zero-order valence-corrected chi connectivity index (χ0v) is 16.3. The van der Waals surface area contributed by atoms with E-state index in [9.17, 15) is 24.3 Å². The summed E-state index contributed by atoms with van der Waals surface area (Å²) in [6.45, 7) is -0.672. The predicted octanol–water partition coefficient (Wildman–Crippen LogP) is 1.40. The molecular weight excluding hydrogens is 378 g/mol. The summed E-state index contributed by atoms with van der Waals surface area (Å²) in [5.74, 6) is -2.11. The van der Waals surface area contributed by atoms with Crippen LogP contribution >= 0.6 is 0 Å². The van der Waals surface area contributed by atoms with E-state index in [2.05, 4.69) is 5.32 Å². The number of carbonyl (C=O) groups is 2. The second-order valence-electron chi connectivity index (χ2n) is 8.64. The van der Waals surface area contributed by atoms with Gasteiger partial charge in [0.2, 0.25) is 5.88 Å². The molecule has 3 atom stereocenters. The third-order valence-electron chi connectivity index (χ3n) is 6.90. The maximum absolute atomic E-state index is 13.4. The molecule has 2 bridgehead atoms. The number of hydrogen-bond donors (Lipinski definition) is 3. The van der Waals surface area contributed by atoms with Crippen LogP contribution in [0.1, 0.15) is 80.2 Å². The molecule has 1 aromatic heterocycles. The molecule has 0 spiro atoms. The van der Waals surface area contributed by atoms with Gasteiger partial charge in [-0.2, -0.15) is 0 Å². The fraction of sp³-hybridized carbons (Fsp3) is 0.700. The van der Waals surface area contributed by atoms with Crippen molar-refractivity contribution in [2.75, 3.05) is 6.54 Å². The molecule has 1 heterocycles. The van der Waals surface area contributed by atoms with Crippen molar-refractivity contribution < 1.29 is 19.8 Å². The summed E-state index contributed by atoms with van der Waals surface area (Å²) in [6.07, 6.45) is 7.97. The molecule has 3 fully saturated rings. The van der Waals surface area contributed by atoms with Crippen LogP contribution in [0.15, 0.2) is 9.59 Å². The topological polar surface area (TPSA) is 131 Å². The van der Waals surface area contributed by atoms with Gasteiger partial charge >= 0.3 is 11.7 Å². The highest BCUT2D eigenvalue weighted by molar-refractivity contribution is 5.97. The molecule has 3 aliphatic carbocycles. The molecule has 3 aliphatic rings. The zero-order chi connectivity index (χ0) is 20.7. The van der Waals surface area contributed by atoms with Crippen molar-refractivity contribution in [3.05, 3.63) is 26.4 Å². The van der Waals surface area contributed by atoms with E-state index >= 15 is 0 Å². The third kappa shape index (κ3) is 3.47. The van der Waals surface area contributed by atoms with Gasteiger partial charge in [-0.05, 0) is 43.9 Å². The molecule has 0 unspecified atom stereocenters. The molecule has 0 saturated heterocycles. The van der Waals surface area contributed by atoms with E-state index in [1.54, 1.807) is 0 Å². The monoisotopic (exact) mass is 405 g/mol. The Bertz CT molecular complexity index is 943. The number of aromatic nitrogens is 2. The van der Waals surface area contributed by atoms with Gasteiger partial charge in [0.25, 0.3) is 11.5 Å². The van der Waals surface area contributed by atoms with Crippen molar-refractivity contribution in [1.29, 1.82) is 0 Å². The van der Waals surface area contributed by atoms with E-state index < -0.39 is 41.1 Å². The average Bonchev–Trinajstić information content (AvgIpc) is 3.31. The van der Waals surface area contributed by atoms with Crippen molar-refractivity contribution in [2.24, 2.45) is 11.8 Å². The number of nitrogens with zero attached hydrogens (tertiary/aromatic N) is 2. The van der Waals surface area contributed by atoms with Gasteiger partial charge in [0, 0.05) is 12.1 Å². The predicted molar refractivity (Wildman–Crippen MR) is 103 cm³/mol. The second kappa shape index (κ2) is 7.68. The lowest BCUT2D eigenvalue weighted by Gasteiger charge is -2.29. The number of hydrogen-bond acceptors (Lipinski definition) is 5. The van der Waals surface area contributed by atoms with Crippen LogP contribution in [0, 0.1) is 11.8 Å². The molecule has 4 rings (SSSR count). The number of rotatable bonds is 5. The van der Waals surface area contributed by atoms with Crippen LogP contribution in [0.4, 0.5) is 0 Å². The van der Waals surface area contributed by atoms with Gasteiger partial charge in [0.1, 0.15) is 6.54 Å². The molecule has 3 N–H and O–H groups in total. The molecule has 29 heavy (non-hydrogen) atoms. The normalized spacial score (nSPS) is 26.6. The molecule has 158 valence electrons. The van der Waals surface area contributed by atoms with Crippen LogP contribution in [0.2, 0.25) is 0 Å². The van der Waals surface area contributed by atoms with Crippen LogP contribution in [-0.2, 0) is 4.79 Å². The Hall–Kier alpha value is -2.58. The fourth-order valence-corrected chi connectivity index (χ4v) is 5.56. The molecule has 0 aromatic carbocycles. The third-order valence-corrected chi connectivity index (χ3v) is 6.90. The summed E-state index contributed by atoms with van der Waals surface area (Å²) < 4.78 is 2.38. The minimum atomic E-state index is -1.26. The van der Waals surface area contributed by atoms with Crippen molar-refractivity contribution in [3.63, 3.8) is 0 Å². The second-order valence-corrected chi connectivity index (χ2v) is 8.64. The highest BCUT2D eigenvalue weighted by Gasteiger charge is 2.43. The summed E-state index contributed by atoms with van der Waals surface area (Å²) in [6, 6.07) is -0.539. The Labute approximate surface area is 167 Å². The lowest BCUT2D eigenvalue weighted by molar-refractivity contribution is -0.135. The summed E-state index contributed by atoms with van der Waals surface area (Å²) in [5, 5.41) is 21.8. The number of carboxylic acid groups (broad SMARTS) is 1. The van der Waals surface area contributed by atoms with E-state index in [1.165, 1.54) is 4.57 Å². The van der Waals surface area contributed by atoms with Crippen molar-refractivity contribution in [2.45, 2.75) is 69.9 Å². The first-order valence-corrected chi connectivity index (χ1v) is 10.5. The molecule has 9 nitrogen and oxygen atoms in total. The van der Waals surface area contributed by atoms with E-state index in [4.69, 9.17) is 5.11 Å². The Morgan fingerprint density at radius 2 is 1.72 bits per heavy atom. The standard InChI is InChI=1S/C20H27N3O6/c24-15(25)10-21-17(26)16-18(27)22(13-4-2-1-3-5-13)20(29)23(19(16)28)14-9-11-6-7-12(14)8-11/h11-14,28H,1-10H2,(H,21,26)(H,24,25)/t11-,12-,14-/m1/s1. The van der Waals surface area contributed by atoms with Gasteiger partial charge in [-0.3, -0.25) is 23.5 Å². The molecule has 9 heteroatoms. The maximum Gasteiger partial charge on any atom is 0.334 e. The van der Waals surface area contributed by atoms with Gasteiger partial charge in [0.15, 0.2) is 5.56 Å². The van der Waals surface area contributed by atoms with E-state index in [1.807, 2.05) is 0 Å². The van der Waals surface area contributed by atoms with Gasteiger partial charge in [-0.25, -0.2) is 4.79 Å². The van der Waals surface area contributed by atoms with Gasteiger partial charge < -0.3 is 15.5 Å². The zero-order valence-electron chi connectivity index (χ0n) is 16.3. The SMILES string of the molecule is O=C(O)CNC(=O)c1c(O)n([C@@H]2C[C@@H]3CC[C@@H]2C3)c(=O)n(C2CCCCC2)c1=O. The largest absolute Gasteiger partial charge is 0.494 e. The number of aliphatic carboxylic acids is 1. The summed E-state index contributed by atoms with van der Waals surface area (Å²) in [7, 11) is 0. The van der Waals surface area contributed by atoms with E-state index in [0.717, 1.165) is 49.5 Å². The summed E-state index contributed by atoms with van der Waals surface area (Å²) in [5.41, 5.74) is -1.91. The Kier molecular flexibility index (Phi) is 5.23. The van der Waals surface area contributed by atoms with Crippen molar-refractivity contribution >= 4 is 11.9 Å². The first kappa shape index (κ1) is 19.7. The minimum absolute atomic E-state index is 0.234. The number of fused-ring (bicyclic) bond motifs is 2. The van der Waals surface area contributed by atoms with E-state index in [0.29, 0.717) is 18.8 Å². The first-order chi connectivity index (χ1) is 13.9. The van der Waals surface area contributed by atoms with Gasteiger partial charge in [0.05, 0.1) is 0 Å². The lowest BCUT2D eigenvalue weighted by atomic mass is 9.94.